The smallest absolute Gasteiger partial charge is 0.0476 e. The summed E-state index contributed by atoms with van der Waals surface area (Å²) in [7, 11) is 0. The molecule has 2 N–H and O–H groups in total. The third-order valence-corrected chi connectivity index (χ3v) is 5.01. The van der Waals surface area contributed by atoms with Crippen LogP contribution in [0.25, 0.3) is 10.9 Å². The monoisotopic (exact) mass is 304 g/mol. The minimum atomic E-state index is 0.468. The van der Waals surface area contributed by atoms with E-state index in [0.717, 1.165) is 13.0 Å². The molecule has 0 saturated heterocycles. The average Bonchev–Trinajstić information content (AvgIpc) is 2.95. The van der Waals surface area contributed by atoms with Crippen molar-refractivity contribution in [3.05, 3.63) is 70.9 Å². The molecule has 0 bridgehead atoms. The molecule has 0 unspecified atom stereocenters. The van der Waals surface area contributed by atoms with Gasteiger partial charge in [-0.05, 0) is 62.4 Å². The Morgan fingerprint density at radius 2 is 2.00 bits per heavy atom. The van der Waals surface area contributed by atoms with E-state index in [-0.39, 0.29) is 0 Å². The molecule has 1 atom stereocenters. The topological polar surface area (TPSA) is 27.8 Å². The zero-order valence-corrected chi connectivity index (χ0v) is 13.7. The van der Waals surface area contributed by atoms with E-state index in [2.05, 4.69) is 65.8 Å². The second kappa shape index (κ2) is 6.21. The first kappa shape index (κ1) is 14.5. The number of aromatic amines is 1. The van der Waals surface area contributed by atoms with Crippen molar-refractivity contribution in [2.24, 2.45) is 0 Å². The normalized spacial score (nSPS) is 17.3. The van der Waals surface area contributed by atoms with Gasteiger partial charge in [-0.3, -0.25) is 0 Å². The van der Waals surface area contributed by atoms with Gasteiger partial charge < -0.3 is 10.3 Å². The number of aryl methyl sites for hydroxylation is 2. The summed E-state index contributed by atoms with van der Waals surface area (Å²) in [4.78, 5) is 3.68. The Morgan fingerprint density at radius 1 is 1.13 bits per heavy atom. The molecule has 0 fully saturated rings. The fourth-order valence-electron chi connectivity index (χ4n) is 3.82. The fourth-order valence-corrected chi connectivity index (χ4v) is 3.82. The highest BCUT2D eigenvalue weighted by molar-refractivity contribution is 5.85. The van der Waals surface area contributed by atoms with E-state index in [1.54, 1.807) is 0 Å². The maximum Gasteiger partial charge on any atom is 0.0476 e. The van der Waals surface area contributed by atoms with E-state index in [4.69, 9.17) is 0 Å². The first-order valence-corrected chi connectivity index (χ1v) is 8.69. The van der Waals surface area contributed by atoms with Gasteiger partial charge in [0, 0.05) is 22.6 Å². The van der Waals surface area contributed by atoms with Crippen LogP contribution in [0.2, 0.25) is 0 Å². The first-order chi connectivity index (χ1) is 11.3. The third-order valence-electron chi connectivity index (χ3n) is 5.01. The molecule has 0 aliphatic heterocycles. The van der Waals surface area contributed by atoms with Crippen LogP contribution in [0, 0.1) is 6.92 Å². The van der Waals surface area contributed by atoms with Gasteiger partial charge in [-0.15, -0.1) is 0 Å². The Hall–Kier alpha value is -2.06. The van der Waals surface area contributed by atoms with Crippen molar-refractivity contribution in [1.29, 1.82) is 0 Å². The molecule has 2 heteroatoms. The van der Waals surface area contributed by atoms with E-state index < -0.39 is 0 Å². The number of hydrogen-bond acceptors (Lipinski definition) is 1. The number of rotatable bonds is 4. The summed E-state index contributed by atoms with van der Waals surface area (Å²) in [5.74, 6) is 0. The van der Waals surface area contributed by atoms with Gasteiger partial charge in [0.05, 0.1) is 0 Å². The molecule has 2 nitrogen and oxygen atoms in total. The molecule has 0 saturated carbocycles. The maximum absolute atomic E-state index is 3.77. The lowest BCUT2D eigenvalue weighted by atomic mass is 9.91. The molecular formula is C21H24N2. The third kappa shape index (κ3) is 2.91. The van der Waals surface area contributed by atoms with E-state index in [1.807, 2.05) is 0 Å². The van der Waals surface area contributed by atoms with Crippen LogP contribution in [0.1, 0.15) is 41.3 Å². The van der Waals surface area contributed by atoms with Gasteiger partial charge in [0.2, 0.25) is 0 Å². The summed E-state index contributed by atoms with van der Waals surface area (Å²) < 4.78 is 0. The Kier molecular flexibility index (Phi) is 3.92. The van der Waals surface area contributed by atoms with Gasteiger partial charge >= 0.3 is 0 Å². The van der Waals surface area contributed by atoms with Crippen LogP contribution >= 0.6 is 0 Å². The fraction of sp³-hybridized carbons (Fsp3) is 0.333. The van der Waals surface area contributed by atoms with Gasteiger partial charge in [-0.2, -0.15) is 0 Å². The molecule has 1 aliphatic rings. The van der Waals surface area contributed by atoms with Gasteiger partial charge in [-0.25, -0.2) is 0 Å². The maximum atomic E-state index is 3.77. The highest BCUT2D eigenvalue weighted by Crippen LogP contribution is 2.35. The lowest BCUT2D eigenvalue weighted by Gasteiger charge is -2.24. The van der Waals surface area contributed by atoms with Crippen LogP contribution in [0.5, 0.6) is 0 Å². The second-order valence-corrected chi connectivity index (χ2v) is 6.70. The van der Waals surface area contributed by atoms with Crippen molar-refractivity contribution in [1.82, 2.24) is 10.3 Å². The SMILES string of the molecule is Cc1ccc2[nH]c3c(c2c1)CCC[C@@H]3NCCc1ccccc1. The molecular weight excluding hydrogens is 280 g/mol. The molecule has 4 rings (SSSR count). The minimum Gasteiger partial charge on any atom is -0.357 e. The molecule has 2 aromatic carbocycles. The number of benzene rings is 2. The van der Waals surface area contributed by atoms with Gasteiger partial charge in [0.1, 0.15) is 0 Å². The van der Waals surface area contributed by atoms with Crippen LogP contribution in [-0.4, -0.2) is 11.5 Å². The zero-order chi connectivity index (χ0) is 15.6. The van der Waals surface area contributed by atoms with E-state index in [1.165, 1.54) is 52.5 Å². The predicted octanol–water partition coefficient (Wildman–Crippen LogP) is 4.69. The lowest BCUT2D eigenvalue weighted by Crippen LogP contribution is -2.27. The van der Waals surface area contributed by atoms with E-state index in [9.17, 15) is 0 Å². The van der Waals surface area contributed by atoms with Crippen molar-refractivity contribution in [3.63, 3.8) is 0 Å². The minimum absolute atomic E-state index is 0.468. The van der Waals surface area contributed by atoms with Crippen molar-refractivity contribution < 1.29 is 0 Å². The van der Waals surface area contributed by atoms with E-state index in [0.29, 0.717) is 6.04 Å². The molecule has 0 amide bonds. The molecule has 1 aliphatic carbocycles. The van der Waals surface area contributed by atoms with Crippen LogP contribution in [0.3, 0.4) is 0 Å². The average molecular weight is 304 g/mol. The summed E-state index contributed by atoms with van der Waals surface area (Å²) in [6, 6.07) is 18.0. The number of fused-ring (bicyclic) bond motifs is 3. The standard InChI is InChI=1S/C21H24N2/c1-15-10-11-19-18(14-15)17-8-5-9-20(21(17)23-19)22-13-12-16-6-3-2-4-7-16/h2-4,6-7,10-11,14,20,22-23H,5,8-9,12-13H2,1H3/t20-/m0/s1. The Balaban J connectivity index is 1.52. The molecule has 1 aromatic heterocycles. The van der Waals surface area contributed by atoms with Crippen molar-refractivity contribution in [2.45, 2.75) is 38.6 Å². The summed E-state index contributed by atoms with van der Waals surface area (Å²) in [6.45, 7) is 3.21. The van der Waals surface area contributed by atoms with Crippen molar-refractivity contribution in [3.8, 4) is 0 Å². The summed E-state index contributed by atoms with van der Waals surface area (Å²) in [5.41, 5.74) is 7.00. The molecule has 118 valence electrons. The first-order valence-electron chi connectivity index (χ1n) is 8.69. The molecule has 0 spiro atoms. The second-order valence-electron chi connectivity index (χ2n) is 6.70. The largest absolute Gasteiger partial charge is 0.357 e. The van der Waals surface area contributed by atoms with Gasteiger partial charge in [0.15, 0.2) is 0 Å². The molecule has 1 heterocycles. The van der Waals surface area contributed by atoms with E-state index >= 15 is 0 Å². The Bertz CT molecular complexity index is 801. The van der Waals surface area contributed by atoms with Crippen LogP contribution in [-0.2, 0) is 12.8 Å². The number of nitrogens with one attached hydrogen (secondary N) is 2. The summed E-state index contributed by atoms with van der Waals surface area (Å²) in [5, 5.41) is 5.20. The Morgan fingerprint density at radius 3 is 2.87 bits per heavy atom. The zero-order valence-electron chi connectivity index (χ0n) is 13.7. The van der Waals surface area contributed by atoms with Gasteiger partial charge in [-0.1, -0.05) is 42.0 Å². The highest BCUT2D eigenvalue weighted by Gasteiger charge is 2.23. The van der Waals surface area contributed by atoms with Crippen molar-refractivity contribution >= 4 is 10.9 Å². The number of aromatic nitrogens is 1. The molecule has 0 radical (unpaired) electrons. The number of H-pyrrole nitrogens is 1. The highest BCUT2D eigenvalue weighted by atomic mass is 14.9. The summed E-state index contributed by atoms with van der Waals surface area (Å²) >= 11 is 0. The van der Waals surface area contributed by atoms with Crippen molar-refractivity contribution in [2.75, 3.05) is 6.54 Å². The van der Waals surface area contributed by atoms with Crippen LogP contribution in [0.4, 0.5) is 0 Å². The van der Waals surface area contributed by atoms with Crippen LogP contribution in [0.15, 0.2) is 48.5 Å². The van der Waals surface area contributed by atoms with Crippen LogP contribution < -0.4 is 5.32 Å². The lowest BCUT2D eigenvalue weighted by molar-refractivity contribution is 0.456. The Labute approximate surface area is 137 Å². The predicted molar refractivity (Wildman–Crippen MR) is 96.9 cm³/mol. The van der Waals surface area contributed by atoms with Gasteiger partial charge in [0.25, 0.3) is 0 Å². The molecule has 23 heavy (non-hydrogen) atoms. The quantitative estimate of drug-likeness (QED) is 0.719. The molecule has 3 aromatic rings. The summed E-state index contributed by atoms with van der Waals surface area (Å²) in [6.07, 6.45) is 4.80. The number of hydrogen-bond donors (Lipinski definition) is 2.